The lowest BCUT2D eigenvalue weighted by Gasteiger charge is -2.18. The molecule has 0 bridgehead atoms. The molecule has 0 aromatic carbocycles. The number of aromatic nitrogens is 2. The summed E-state index contributed by atoms with van der Waals surface area (Å²) in [7, 11) is 1.78. The van der Waals surface area contributed by atoms with Gasteiger partial charge in [0, 0.05) is 25.8 Å². The Labute approximate surface area is 108 Å². The minimum atomic E-state index is -0.107. The van der Waals surface area contributed by atoms with Crippen molar-refractivity contribution in [1.29, 1.82) is 0 Å². The molecular weight excluding hydrogens is 240 g/mol. The molecule has 0 aliphatic heterocycles. The second-order valence-electron chi connectivity index (χ2n) is 4.44. The van der Waals surface area contributed by atoms with Gasteiger partial charge >= 0.3 is 0 Å². The van der Waals surface area contributed by atoms with Crippen molar-refractivity contribution in [2.75, 3.05) is 6.54 Å². The molecule has 6 heteroatoms. The number of nitrogens with two attached hydrogens (primary N) is 1. The fourth-order valence-electron chi connectivity index (χ4n) is 1.59. The van der Waals surface area contributed by atoms with Crippen LogP contribution in [0.1, 0.15) is 30.6 Å². The van der Waals surface area contributed by atoms with Gasteiger partial charge in [0.2, 0.25) is 0 Å². The van der Waals surface area contributed by atoms with Crippen LogP contribution in [0.2, 0.25) is 0 Å². The van der Waals surface area contributed by atoms with Gasteiger partial charge in [-0.2, -0.15) is 5.10 Å². The van der Waals surface area contributed by atoms with E-state index in [4.69, 9.17) is 5.73 Å². The van der Waals surface area contributed by atoms with Crippen molar-refractivity contribution in [2.24, 2.45) is 18.7 Å². The lowest BCUT2D eigenvalue weighted by Crippen LogP contribution is -2.40. The van der Waals surface area contributed by atoms with Gasteiger partial charge in [0.15, 0.2) is 0 Å². The maximum absolute atomic E-state index is 11.8. The zero-order valence-corrected chi connectivity index (χ0v) is 11.3. The molecule has 0 saturated heterocycles. The van der Waals surface area contributed by atoms with Gasteiger partial charge in [-0.05, 0) is 12.3 Å². The van der Waals surface area contributed by atoms with Crippen molar-refractivity contribution in [3.63, 3.8) is 0 Å². The molecule has 0 radical (unpaired) electrons. The van der Waals surface area contributed by atoms with E-state index in [2.05, 4.69) is 24.3 Å². The molecule has 0 saturated carbocycles. The number of hydrogen-bond donors (Lipinski definition) is 2. The van der Waals surface area contributed by atoms with Crippen LogP contribution in [0.4, 0.5) is 0 Å². The molecule has 5 nitrogen and oxygen atoms in total. The first-order valence-corrected chi connectivity index (χ1v) is 5.52. The first-order valence-electron chi connectivity index (χ1n) is 5.52. The molecule has 0 fully saturated rings. The maximum Gasteiger partial charge on any atom is 0.254 e. The standard InChI is InChI=1S/C11H20N4O.ClH/c1-8(2)4-10(5-12)14-11(16)9-6-13-15(3)7-9;/h6-8,10H,4-5,12H2,1-3H3,(H,14,16);1H. The lowest BCUT2D eigenvalue weighted by molar-refractivity contribution is 0.0933. The van der Waals surface area contributed by atoms with Crippen LogP contribution < -0.4 is 11.1 Å². The molecule has 1 aromatic heterocycles. The Hall–Kier alpha value is -1.07. The van der Waals surface area contributed by atoms with E-state index < -0.39 is 0 Å². The van der Waals surface area contributed by atoms with Crippen molar-refractivity contribution in [1.82, 2.24) is 15.1 Å². The summed E-state index contributed by atoms with van der Waals surface area (Å²) in [6, 6.07) is 0.0349. The molecule has 1 atom stereocenters. The average Bonchev–Trinajstić information content (AvgIpc) is 2.63. The third kappa shape index (κ3) is 5.19. The summed E-state index contributed by atoms with van der Waals surface area (Å²) >= 11 is 0. The summed E-state index contributed by atoms with van der Waals surface area (Å²) in [5.74, 6) is 0.409. The highest BCUT2D eigenvalue weighted by molar-refractivity contribution is 5.93. The summed E-state index contributed by atoms with van der Waals surface area (Å²) < 4.78 is 1.61. The quantitative estimate of drug-likeness (QED) is 0.828. The van der Waals surface area contributed by atoms with Crippen LogP contribution in [-0.4, -0.2) is 28.3 Å². The normalized spacial score (nSPS) is 12.1. The number of aryl methyl sites for hydroxylation is 1. The molecule has 1 amide bonds. The Kier molecular flexibility index (Phi) is 6.83. The number of nitrogens with one attached hydrogen (secondary N) is 1. The Bertz CT molecular complexity index is 351. The van der Waals surface area contributed by atoms with Crippen LogP contribution in [-0.2, 0) is 7.05 Å². The van der Waals surface area contributed by atoms with Crippen LogP contribution >= 0.6 is 12.4 Å². The Balaban J connectivity index is 0.00000256. The molecule has 17 heavy (non-hydrogen) atoms. The first-order chi connectivity index (χ1) is 7.52. The van der Waals surface area contributed by atoms with E-state index in [-0.39, 0.29) is 24.4 Å². The molecule has 0 aliphatic rings. The number of nitrogens with zero attached hydrogens (tertiary/aromatic N) is 2. The van der Waals surface area contributed by atoms with Gasteiger partial charge in [-0.1, -0.05) is 13.8 Å². The van der Waals surface area contributed by atoms with E-state index in [0.717, 1.165) is 6.42 Å². The van der Waals surface area contributed by atoms with Crippen LogP contribution in [0, 0.1) is 5.92 Å². The predicted octanol–water partition coefficient (Wildman–Crippen LogP) is 0.945. The van der Waals surface area contributed by atoms with Crippen LogP contribution in [0.3, 0.4) is 0 Å². The lowest BCUT2D eigenvalue weighted by atomic mass is 10.0. The van der Waals surface area contributed by atoms with Crippen LogP contribution in [0.15, 0.2) is 12.4 Å². The molecule has 3 N–H and O–H groups in total. The summed E-state index contributed by atoms with van der Waals surface area (Å²) in [6.45, 7) is 4.68. The highest BCUT2D eigenvalue weighted by Crippen LogP contribution is 2.05. The number of rotatable bonds is 5. The van der Waals surface area contributed by atoms with Crippen molar-refractivity contribution in [3.05, 3.63) is 18.0 Å². The van der Waals surface area contributed by atoms with Gasteiger partial charge in [0.05, 0.1) is 11.8 Å². The van der Waals surface area contributed by atoms with Crippen LogP contribution in [0.25, 0.3) is 0 Å². The second kappa shape index (κ2) is 7.29. The maximum atomic E-state index is 11.8. The van der Waals surface area contributed by atoms with Crippen molar-refractivity contribution in [2.45, 2.75) is 26.3 Å². The highest BCUT2D eigenvalue weighted by Gasteiger charge is 2.14. The second-order valence-corrected chi connectivity index (χ2v) is 4.44. The molecule has 1 aromatic rings. The van der Waals surface area contributed by atoms with E-state index in [1.165, 1.54) is 0 Å². The number of carbonyl (C=O) groups excluding carboxylic acids is 1. The molecular formula is C11H21ClN4O. The van der Waals surface area contributed by atoms with Gasteiger partial charge in [-0.3, -0.25) is 9.48 Å². The van der Waals surface area contributed by atoms with Crippen LogP contribution in [0.5, 0.6) is 0 Å². The van der Waals surface area contributed by atoms with Crippen molar-refractivity contribution < 1.29 is 4.79 Å². The van der Waals surface area contributed by atoms with E-state index in [9.17, 15) is 4.79 Å². The summed E-state index contributed by atoms with van der Waals surface area (Å²) in [6.07, 6.45) is 4.14. The molecule has 1 heterocycles. The summed E-state index contributed by atoms with van der Waals surface area (Å²) in [4.78, 5) is 11.8. The van der Waals surface area contributed by atoms with E-state index >= 15 is 0 Å². The van der Waals surface area contributed by atoms with Gasteiger partial charge in [-0.15, -0.1) is 12.4 Å². The smallest absolute Gasteiger partial charge is 0.254 e. The average molecular weight is 261 g/mol. The summed E-state index contributed by atoms with van der Waals surface area (Å²) in [5, 5.41) is 6.87. The van der Waals surface area contributed by atoms with Gasteiger partial charge in [0.1, 0.15) is 0 Å². The third-order valence-corrected chi connectivity index (χ3v) is 2.34. The molecule has 98 valence electrons. The molecule has 1 rings (SSSR count). The number of carbonyl (C=O) groups is 1. The highest BCUT2D eigenvalue weighted by atomic mass is 35.5. The zero-order chi connectivity index (χ0) is 12.1. The zero-order valence-electron chi connectivity index (χ0n) is 10.5. The SMILES string of the molecule is CC(C)CC(CN)NC(=O)c1cnn(C)c1.Cl. The number of amides is 1. The van der Waals surface area contributed by atoms with Crippen molar-refractivity contribution in [3.8, 4) is 0 Å². The Morgan fingerprint density at radius 3 is 2.65 bits per heavy atom. The minimum Gasteiger partial charge on any atom is -0.348 e. The predicted molar refractivity (Wildman–Crippen MR) is 70.2 cm³/mol. The minimum absolute atomic E-state index is 0. The number of hydrogen-bond acceptors (Lipinski definition) is 3. The van der Waals surface area contributed by atoms with Gasteiger partial charge in [0.25, 0.3) is 5.91 Å². The Morgan fingerprint density at radius 2 is 2.24 bits per heavy atom. The fourth-order valence-corrected chi connectivity index (χ4v) is 1.59. The fraction of sp³-hybridized carbons (Fsp3) is 0.636. The van der Waals surface area contributed by atoms with E-state index in [1.54, 1.807) is 24.1 Å². The van der Waals surface area contributed by atoms with Crippen molar-refractivity contribution >= 4 is 18.3 Å². The van der Waals surface area contributed by atoms with E-state index in [0.29, 0.717) is 18.0 Å². The molecule has 1 unspecified atom stereocenters. The van der Waals surface area contributed by atoms with E-state index in [1.807, 2.05) is 0 Å². The number of halogens is 1. The first kappa shape index (κ1) is 15.9. The third-order valence-electron chi connectivity index (χ3n) is 2.34. The van der Waals surface area contributed by atoms with Gasteiger partial charge < -0.3 is 11.1 Å². The molecule has 0 aliphatic carbocycles. The summed E-state index contributed by atoms with van der Waals surface area (Å²) in [5.41, 5.74) is 6.19. The topological polar surface area (TPSA) is 72.9 Å². The Morgan fingerprint density at radius 1 is 1.59 bits per heavy atom. The van der Waals surface area contributed by atoms with Gasteiger partial charge in [-0.25, -0.2) is 0 Å². The molecule has 0 spiro atoms. The largest absolute Gasteiger partial charge is 0.348 e. The monoisotopic (exact) mass is 260 g/mol.